The largest absolute Gasteiger partial charge is 0.467 e. The average molecular weight is 236 g/mol. The first-order chi connectivity index (χ1) is 7.86. The van der Waals surface area contributed by atoms with Crippen LogP contribution in [0.3, 0.4) is 0 Å². The number of nitrogens with one attached hydrogen (secondary N) is 1. The van der Waals surface area contributed by atoms with E-state index >= 15 is 0 Å². The van der Waals surface area contributed by atoms with Crippen LogP contribution in [0.5, 0.6) is 0 Å². The van der Waals surface area contributed by atoms with Gasteiger partial charge in [-0.25, -0.2) is 4.79 Å². The van der Waals surface area contributed by atoms with Gasteiger partial charge in [0.25, 0.3) is 5.91 Å². The van der Waals surface area contributed by atoms with Crippen LogP contribution in [-0.4, -0.2) is 24.5 Å². The first-order valence-corrected chi connectivity index (χ1v) is 5.13. The molecule has 0 bridgehead atoms. The van der Waals surface area contributed by atoms with E-state index in [2.05, 4.69) is 10.1 Å². The van der Waals surface area contributed by atoms with Gasteiger partial charge in [-0.2, -0.15) is 0 Å². The third kappa shape index (κ3) is 3.21. The normalized spacial score (nSPS) is 10.8. The Balaban J connectivity index is 2.83. The minimum atomic E-state index is -1.07. The third-order valence-electron chi connectivity index (χ3n) is 2.27. The van der Waals surface area contributed by atoms with Crippen molar-refractivity contribution in [1.29, 1.82) is 0 Å². The average Bonchev–Trinajstić information content (AvgIpc) is 2.27. The molecule has 0 fully saturated rings. The summed E-state index contributed by atoms with van der Waals surface area (Å²) < 4.78 is 4.60. The van der Waals surface area contributed by atoms with Crippen molar-refractivity contribution in [3.05, 3.63) is 29.8 Å². The fraction of sp³-hybridized carbons (Fsp3) is 0.333. The van der Waals surface area contributed by atoms with Crippen LogP contribution in [0.1, 0.15) is 24.2 Å². The maximum absolute atomic E-state index is 11.9. The Morgan fingerprint density at radius 1 is 1.35 bits per heavy atom. The number of rotatable bonds is 3. The Kier molecular flexibility index (Phi) is 3.73. The molecule has 0 heterocycles. The molecule has 1 aromatic carbocycles. The first kappa shape index (κ1) is 13.0. The van der Waals surface area contributed by atoms with E-state index in [4.69, 9.17) is 5.73 Å². The molecule has 1 rings (SSSR count). The lowest BCUT2D eigenvalue weighted by Crippen LogP contribution is -2.50. The summed E-state index contributed by atoms with van der Waals surface area (Å²) in [7, 11) is 1.27. The van der Waals surface area contributed by atoms with Gasteiger partial charge >= 0.3 is 5.97 Å². The molecule has 5 nitrogen and oxygen atoms in total. The molecular formula is C12H16N2O3. The number of hydrogen-bond donors (Lipinski definition) is 2. The van der Waals surface area contributed by atoms with Crippen molar-refractivity contribution >= 4 is 17.6 Å². The van der Waals surface area contributed by atoms with Gasteiger partial charge in [0.1, 0.15) is 5.54 Å². The van der Waals surface area contributed by atoms with E-state index < -0.39 is 11.5 Å². The Morgan fingerprint density at radius 2 is 2.00 bits per heavy atom. The molecule has 0 aliphatic carbocycles. The van der Waals surface area contributed by atoms with Crippen LogP contribution in [0.2, 0.25) is 0 Å². The number of nitrogen functional groups attached to an aromatic ring is 1. The number of anilines is 1. The number of carbonyl (C=O) groups is 2. The van der Waals surface area contributed by atoms with Crippen LogP contribution in [0, 0.1) is 0 Å². The van der Waals surface area contributed by atoms with Crippen LogP contribution >= 0.6 is 0 Å². The molecule has 0 spiro atoms. The maximum Gasteiger partial charge on any atom is 0.330 e. The summed E-state index contributed by atoms with van der Waals surface area (Å²) in [5.74, 6) is -0.873. The number of hydrogen-bond acceptors (Lipinski definition) is 4. The van der Waals surface area contributed by atoms with Gasteiger partial charge in [-0.15, -0.1) is 0 Å². The van der Waals surface area contributed by atoms with Crippen molar-refractivity contribution in [3.63, 3.8) is 0 Å². The predicted octanol–water partition coefficient (Wildman–Crippen LogP) is 0.950. The zero-order valence-corrected chi connectivity index (χ0v) is 10.1. The van der Waals surface area contributed by atoms with Crippen molar-refractivity contribution in [2.24, 2.45) is 0 Å². The Bertz CT molecular complexity index is 441. The van der Waals surface area contributed by atoms with Gasteiger partial charge in [0, 0.05) is 11.3 Å². The van der Waals surface area contributed by atoms with E-state index in [1.54, 1.807) is 38.1 Å². The summed E-state index contributed by atoms with van der Waals surface area (Å²) in [4.78, 5) is 23.3. The van der Waals surface area contributed by atoms with Gasteiger partial charge in [0.15, 0.2) is 0 Å². The molecule has 0 aliphatic heterocycles. The number of amides is 1. The lowest BCUT2D eigenvalue weighted by Gasteiger charge is -2.23. The van der Waals surface area contributed by atoms with Crippen LogP contribution in [0.15, 0.2) is 24.3 Å². The van der Waals surface area contributed by atoms with Crippen molar-refractivity contribution in [2.75, 3.05) is 12.8 Å². The van der Waals surface area contributed by atoms with Gasteiger partial charge in [-0.05, 0) is 32.0 Å². The van der Waals surface area contributed by atoms with E-state index in [0.717, 1.165) is 0 Å². The van der Waals surface area contributed by atoms with Gasteiger partial charge in [0.05, 0.1) is 7.11 Å². The number of carbonyl (C=O) groups excluding carboxylic acids is 2. The molecule has 0 unspecified atom stereocenters. The Labute approximate surface area is 99.9 Å². The standard InChI is InChI=1S/C12H16N2O3/c1-12(2,11(16)17-3)14-10(15)8-5-4-6-9(13)7-8/h4-7H,13H2,1-3H3,(H,14,15). The second-order valence-corrected chi connectivity index (χ2v) is 4.20. The minimum Gasteiger partial charge on any atom is -0.467 e. The molecule has 3 N–H and O–H groups in total. The van der Waals surface area contributed by atoms with Crippen LogP contribution in [0.4, 0.5) is 5.69 Å². The molecule has 5 heteroatoms. The van der Waals surface area contributed by atoms with Gasteiger partial charge in [-0.1, -0.05) is 6.07 Å². The molecular weight excluding hydrogens is 220 g/mol. The van der Waals surface area contributed by atoms with Crippen molar-refractivity contribution < 1.29 is 14.3 Å². The van der Waals surface area contributed by atoms with E-state index in [0.29, 0.717) is 11.3 Å². The number of nitrogens with two attached hydrogens (primary N) is 1. The summed E-state index contributed by atoms with van der Waals surface area (Å²) >= 11 is 0. The molecule has 1 amide bonds. The highest BCUT2D eigenvalue weighted by atomic mass is 16.5. The molecule has 0 aromatic heterocycles. The summed E-state index contributed by atoms with van der Waals surface area (Å²) in [5, 5.41) is 2.58. The highest BCUT2D eigenvalue weighted by Crippen LogP contribution is 2.10. The summed E-state index contributed by atoms with van der Waals surface area (Å²) in [6.45, 7) is 3.14. The first-order valence-electron chi connectivity index (χ1n) is 5.13. The third-order valence-corrected chi connectivity index (χ3v) is 2.27. The molecule has 17 heavy (non-hydrogen) atoms. The van der Waals surface area contributed by atoms with E-state index in [9.17, 15) is 9.59 Å². The van der Waals surface area contributed by atoms with Gasteiger partial charge in [-0.3, -0.25) is 4.79 Å². The zero-order chi connectivity index (χ0) is 13.1. The fourth-order valence-corrected chi connectivity index (χ4v) is 1.34. The predicted molar refractivity (Wildman–Crippen MR) is 64.4 cm³/mol. The van der Waals surface area contributed by atoms with Gasteiger partial charge in [0.2, 0.25) is 0 Å². The molecule has 0 saturated heterocycles. The van der Waals surface area contributed by atoms with E-state index in [-0.39, 0.29) is 5.91 Å². The quantitative estimate of drug-likeness (QED) is 0.604. The lowest BCUT2D eigenvalue weighted by atomic mass is 10.0. The van der Waals surface area contributed by atoms with Gasteiger partial charge < -0.3 is 15.8 Å². The number of methoxy groups -OCH3 is 1. The number of ether oxygens (including phenoxy) is 1. The highest BCUT2D eigenvalue weighted by Gasteiger charge is 2.30. The van der Waals surface area contributed by atoms with Crippen molar-refractivity contribution in [1.82, 2.24) is 5.32 Å². The second kappa shape index (κ2) is 4.86. The fourth-order valence-electron chi connectivity index (χ4n) is 1.34. The summed E-state index contributed by atoms with van der Waals surface area (Å²) in [6, 6.07) is 6.53. The summed E-state index contributed by atoms with van der Waals surface area (Å²) in [5.41, 5.74) is 5.40. The van der Waals surface area contributed by atoms with Crippen LogP contribution in [0.25, 0.3) is 0 Å². The zero-order valence-electron chi connectivity index (χ0n) is 10.1. The van der Waals surface area contributed by atoms with Crippen molar-refractivity contribution in [2.45, 2.75) is 19.4 Å². The van der Waals surface area contributed by atoms with Crippen molar-refractivity contribution in [3.8, 4) is 0 Å². The molecule has 0 radical (unpaired) electrons. The maximum atomic E-state index is 11.9. The molecule has 0 aliphatic rings. The molecule has 92 valence electrons. The lowest BCUT2D eigenvalue weighted by molar-refractivity contribution is -0.146. The molecule has 0 saturated carbocycles. The number of benzene rings is 1. The molecule has 1 aromatic rings. The van der Waals surface area contributed by atoms with Crippen LogP contribution in [-0.2, 0) is 9.53 Å². The second-order valence-electron chi connectivity index (χ2n) is 4.20. The van der Waals surface area contributed by atoms with E-state index in [1.165, 1.54) is 7.11 Å². The van der Waals surface area contributed by atoms with Crippen LogP contribution < -0.4 is 11.1 Å². The summed E-state index contributed by atoms with van der Waals surface area (Å²) in [6.07, 6.45) is 0. The topological polar surface area (TPSA) is 81.4 Å². The Morgan fingerprint density at radius 3 is 2.53 bits per heavy atom. The SMILES string of the molecule is COC(=O)C(C)(C)NC(=O)c1cccc(N)c1. The number of esters is 1. The highest BCUT2D eigenvalue weighted by molar-refractivity contribution is 5.98. The smallest absolute Gasteiger partial charge is 0.330 e. The Hall–Kier alpha value is -2.04. The minimum absolute atomic E-state index is 0.368. The molecule has 0 atom stereocenters. The monoisotopic (exact) mass is 236 g/mol. The van der Waals surface area contributed by atoms with E-state index in [1.807, 2.05) is 0 Å².